The van der Waals surface area contributed by atoms with Crippen molar-refractivity contribution in [1.82, 2.24) is 15.0 Å². The summed E-state index contributed by atoms with van der Waals surface area (Å²) in [5, 5.41) is 4.09. The highest BCUT2D eigenvalue weighted by Crippen LogP contribution is 2.25. The fourth-order valence-corrected chi connectivity index (χ4v) is 2.56. The van der Waals surface area contributed by atoms with Gasteiger partial charge in [0.2, 0.25) is 0 Å². The van der Waals surface area contributed by atoms with Gasteiger partial charge < -0.3 is 4.98 Å². The molecule has 0 fully saturated rings. The van der Waals surface area contributed by atoms with Crippen LogP contribution in [0.5, 0.6) is 0 Å². The first-order chi connectivity index (χ1) is 9.22. The SMILES string of the molecule is Cc1nc(-c2cncc(-c3ccsc3)c2)cc(=O)[nH]1. The Hall–Kier alpha value is -2.27. The smallest absolute Gasteiger partial charge is 0.251 e. The normalized spacial score (nSPS) is 10.6. The van der Waals surface area contributed by atoms with Gasteiger partial charge in [0, 0.05) is 29.6 Å². The lowest BCUT2D eigenvalue weighted by molar-refractivity contribution is 1.02. The minimum absolute atomic E-state index is 0.150. The molecule has 0 atom stereocenters. The lowest BCUT2D eigenvalue weighted by Crippen LogP contribution is -2.08. The summed E-state index contributed by atoms with van der Waals surface area (Å²) in [5.74, 6) is 0.600. The molecule has 0 bridgehead atoms. The van der Waals surface area contributed by atoms with E-state index in [2.05, 4.69) is 20.3 Å². The van der Waals surface area contributed by atoms with Crippen molar-refractivity contribution in [3.8, 4) is 22.4 Å². The standard InChI is InChI=1S/C14H11N3OS/c1-9-16-13(5-14(18)17-9)12-4-11(6-15-7-12)10-2-3-19-8-10/h2-8H,1H3,(H,16,17,18). The van der Waals surface area contributed by atoms with Gasteiger partial charge in [-0.15, -0.1) is 0 Å². The van der Waals surface area contributed by atoms with Crippen LogP contribution >= 0.6 is 11.3 Å². The predicted molar refractivity (Wildman–Crippen MR) is 76.1 cm³/mol. The number of nitrogens with one attached hydrogen (secondary N) is 1. The zero-order valence-corrected chi connectivity index (χ0v) is 11.1. The summed E-state index contributed by atoms with van der Waals surface area (Å²) in [6, 6.07) is 5.53. The van der Waals surface area contributed by atoms with Gasteiger partial charge >= 0.3 is 0 Å². The Kier molecular flexibility index (Phi) is 2.97. The first-order valence-corrected chi connectivity index (χ1v) is 6.72. The minimum atomic E-state index is -0.150. The molecule has 3 aromatic heterocycles. The van der Waals surface area contributed by atoms with E-state index in [-0.39, 0.29) is 5.56 Å². The highest BCUT2D eigenvalue weighted by atomic mass is 32.1. The van der Waals surface area contributed by atoms with Crippen LogP contribution < -0.4 is 5.56 Å². The maximum absolute atomic E-state index is 11.5. The predicted octanol–water partition coefficient (Wildman–Crippen LogP) is 2.87. The van der Waals surface area contributed by atoms with Gasteiger partial charge in [0.1, 0.15) is 5.82 Å². The average Bonchev–Trinajstić information content (AvgIpc) is 2.92. The van der Waals surface area contributed by atoms with Gasteiger partial charge in [-0.1, -0.05) is 0 Å². The molecule has 0 saturated heterocycles. The molecule has 3 aromatic rings. The second-order valence-corrected chi connectivity index (χ2v) is 4.97. The summed E-state index contributed by atoms with van der Waals surface area (Å²) in [5.41, 5.74) is 3.49. The van der Waals surface area contributed by atoms with E-state index in [1.54, 1.807) is 24.5 Å². The van der Waals surface area contributed by atoms with Crippen LogP contribution in [0.15, 0.2) is 46.1 Å². The summed E-state index contributed by atoms with van der Waals surface area (Å²) < 4.78 is 0. The summed E-state index contributed by atoms with van der Waals surface area (Å²) in [6.45, 7) is 1.76. The van der Waals surface area contributed by atoms with Crippen LogP contribution in [-0.4, -0.2) is 15.0 Å². The number of nitrogens with zero attached hydrogens (tertiary/aromatic N) is 2. The second-order valence-electron chi connectivity index (χ2n) is 4.19. The van der Waals surface area contributed by atoms with Crippen LogP contribution in [0.4, 0.5) is 0 Å². The number of rotatable bonds is 2. The topological polar surface area (TPSA) is 58.6 Å². The lowest BCUT2D eigenvalue weighted by atomic mass is 10.1. The number of aromatic amines is 1. The van der Waals surface area contributed by atoms with Gasteiger partial charge in [-0.05, 0) is 35.4 Å². The Labute approximate surface area is 113 Å². The average molecular weight is 269 g/mol. The number of aryl methyl sites for hydroxylation is 1. The Morgan fingerprint density at radius 3 is 2.74 bits per heavy atom. The first-order valence-electron chi connectivity index (χ1n) is 5.78. The number of hydrogen-bond donors (Lipinski definition) is 1. The summed E-state index contributed by atoms with van der Waals surface area (Å²) >= 11 is 1.64. The van der Waals surface area contributed by atoms with Crippen LogP contribution in [0.1, 0.15) is 5.82 Å². The zero-order chi connectivity index (χ0) is 13.2. The van der Waals surface area contributed by atoms with Crippen LogP contribution in [0.25, 0.3) is 22.4 Å². The van der Waals surface area contributed by atoms with Gasteiger partial charge in [-0.2, -0.15) is 11.3 Å². The molecule has 19 heavy (non-hydrogen) atoms. The molecule has 0 radical (unpaired) electrons. The molecule has 5 heteroatoms. The van der Waals surface area contributed by atoms with E-state index in [9.17, 15) is 4.79 Å². The summed E-state index contributed by atoms with van der Waals surface area (Å²) in [7, 11) is 0. The molecule has 3 heterocycles. The van der Waals surface area contributed by atoms with Crippen molar-refractivity contribution in [3.63, 3.8) is 0 Å². The van der Waals surface area contributed by atoms with Crippen LogP contribution in [0.3, 0.4) is 0 Å². The number of H-pyrrole nitrogens is 1. The highest BCUT2D eigenvalue weighted by Gasteiger charge is 2.05. The van der Waals surface area contributed by atoms with Crippen molar-refractivity contribution in [3.05, 3.63) is 57.5 Å². The fourth-order valence-electron chi connectivity index (χ4n) is 1.89. The molecule has 1 N–H and O–H groups in total. The minimum Gasteiger partial charge on any atom is -0.311 e. The van der Waals surface area contributed by atoms with Gasteiger partial charge in [-0.3, -0.25) is 9.78 Å². The fraction of sp³-hybridized carbons (Fsp3) is 0.0714. The summed E-state index contributed by atoms with van der Waals surface area (Å²) in [6.07, 6.45) is 3.53. The Balaban J connectivity index is 2.11. The molecule has 3 rings (SSSR count). The Morgan fingerprint density at radius 1 is 1.16 bits per heavy atom. The third-order valence-electron chi connectivity index (χ3n) is 2.75. The van der Waals surface area contributed by atoms with Crippen molar-refractivity contribution in [1.29, 1.82) is 0 Å². The van der Waals surface area contributed by atoms with E-state index in [1.807, 2.05) is 23.7 Å². The van der Waals surface area contributed by atoms with Crippen LogP contribution in [0, 0.1) is 6.92 Å². The maximum atomic E-state index is 11.5. The van der Waals surface area contributed by atoms with E-state index < -0.39 is 0 Å². The molecule has 0 spiro atoms. The van der Waals surface area contributed by atoms with Crippen molar-refractivity contribution in [2.24, 2.45) is 0 Å². The van der Waals surface area contributed by atoms with Gasteiger partial charge in [0.15, 0.2) is 0 Å². The van der Waals surface area contributed by atoms with E-state index in [0.29, 0.717) is 11.5 Å². The third kappa shape index (κ3) is 2.46. The molecule has 94 valence electrons. The molecule has 0 amide bonds. The van der Waals surface area contributed by atoms with E-state index in [0.717, 1.165) is 16.7 Å². The quantitative estimate of drug-likeness (QED) is 0.778. The lowest BCUT2D eigenvalue weighted by Gasteiger charge is -2.03. The Bertz CT molecular complexity index is 762. The zero-order valence-electron chi connectivity index (χ0n) is 10.3. The first kappa shape index (κ1) is 11.8. The monoisotopic (exact) mass is 269 g/mol. The Morgan fingerprint density at radius 2 is 2.00 bits per heavy atom. The van der Waals surface area contributed by atoms with Crippen molar-refractivity contribution in [2.75, 3.05) is 0 Å². The number of hydrogen-bond acceptors (Lipinski definition) is 4. The molecule has 0 aliphatic carbocycles. The van der Waals surface area contributed by atoms with Gasteiger partial charge in [0.05, 0.1) is 5.69 Å². The molecule has 0 saturated carbocycles. The highest BCUT2D eigenvalue weighted by molar-refractivity contribution is 7.08. The third-order valence-corrected chi connectivity index (χ3v) is 3.43. The van der Waals surface area contributed by atoms with Gasteiger partial charge in [0.25, 0.3) is 5.56 Å². The maximum Gasteiger partial charge on any atom is 0.251 e. The molecule has 0 aliphatic heterocycles. The van der Waals surface area contributed by atoms with Crippen molar-refractivity contribution in [2.45, 2.75) is 6.92 Å². The van der Waals surface area contributed by atoms with Crippen molar-refractivity contribution >= 4 is 11.3 Å². The molecule has 4 nitrogen and oxygen atoms in total. The number of pyridine rings is 1. The van der Waals surface area contributed by atoms with Gasteiger partial charge in [-0.25, -0.2) is 4.98 Å². The molecule has 0 unspecified atom stereocenters. The van der Waals surface area contributed by atoms with Crippen LogP contribution in [-0.2, 0) is 0 Å². The van der Waals surface area contributed by atoms with E-state index in [1.165, 1.54) is 6.07 Å². The van der Waals surface area contributed by atoms with E-state index in [4.69, 9.17) is 0 Å². The van der Waals surface area contributed by atoms with Crippen LogP contribution in [0.2, 0.25) is 0 Å². The largest absolute Gasteiger partial charge is 0.311 e. The number of thiophene rings is 1. The van der Waals surface area contributed by atoms with E-state index >= 15 is 0 Å². The molecule has 0 aromatic carbocycles. The molecular weight excluding hydrogens is 258 g/mol. The van der Waals surface area contributed by atoms with Crippen molar-refractivity contribution < 1.29 is 0 Å². The molecular formula is C14H11N3OS. The number of aromatic nitrogens is 3. The second kappa shape index (κ2) is 4.78. The molecule has 0 aliphatic rings. The summed E-state index contributed by atoms with van der Waals surface area (Å²) in [4.78, 5) is 22.7.